The molecule has 2 aromatic heterocycles. The van der Waals surface area contributed by atoms with Gasteiger partial charge in [0.2, 0.25) is 0 Å². The molecule has 0 atom stereocenters. The van der Waals surface area contributed by atoms with Crippen molar-refractivity contribution in [2.24, 2.45) is 0 Å². The fourth-order valence-electron chi connectivity index (χ4n) is 1.86. The molecule has 0 bridgehead atoms. The number of thiazole rings is 1. The predicted octanol–water partition coefficient (Wildman–Crippen LogP) is 4.28. The van der Waals surface area contributed by atoms with Crippen LogP contribution in [0.15, 0.2) is 11.4 Å². The molecule has 0 unspecified atom stereocenters. The van der Waals surface area contributed by atoms with Crippen molar-refractivity contribution in [2.45, 2.75) is 52.9 Å². The summed E-state index contributed by atoms with van der Waals surface area (Å²) in [6.45, 7) is 11.7. The van der Waals surface area contributed by atoms with Crippen LogP contribution < -0.4 is 5.32 Å². The summed E-state index contributed by atoms with van der Waals surface area (Å²) < 4.78 is 0. The van der Waals surface area contributed by atoms with E-state index in [9.17, 15) is 0 Å². The molecule has 0 radical (unpaired) electrons. The van der Waals surface area contributed by atoms with Crippen LogP contribution in [0.1, 0.15) is 51.7 Å². The molecule has 5 heteroatoms. The summed E-state index contributed by atoms with van der Waals surface area (Å²) in [6, 6.07) is 2.02. The Morgan fingerprint density at radius 1 is 1.14 bits per heavy atom. The lowest BCUT2D eigenvalue weighted by Crippen LogP contribution is -2.10. The van der Waals surface area contributed by atoms with Gasteiger partial charge >= 0.3 is 0 Å². The third-order valence-electron chi connectivity index (χ3n) is 3.07. The first-order chi connectivity index (χ1) is 9.94. The molecule has 4 nitrogen and oxygen atoms in total. The van der Waals surface area contributed by atoms with Gasteiger partial charge in [-0.25, -0.2) is 15.0 Å². The van der Waals surface area contributed by atoms with Gasteiger partial charge in [0.1, 0.15) is 11.5 Å². The molecule has 21 heavy (non-hydrogen) atoms. The zero-order valence-electron chi connectivity index (χ0n) is 13.5. The van der Waals surface area contributed by atoms with E-state index in [2.05, 4.69) is 55.3 Å². The summed E-state index contributed by atoms with van der Waals surface area (Å²) in [7, 11) is 0. The van der Waals surface area contributed by atoms with Crippen molar-refractivity contribution >= 4 is 17.2 Å². The number of aryl methyl sites for hydroxylation is 1. The standard InChI is InChI=1S/C16H24N4S/c1-6-8-17-13-9-11(7-2)18-14(20-13)12-10-21-15(19-12)16(3,4)5/h9-10H,6-8H2,1-5H3,(H,17,18,20). The Balaban J connectivity index is 2.36. The molecule has 114 valence electrons. The van der Waals surface area contributed by atoms with Crippen molar-refractivity contribution < 1.29 is 0 Å². The molecule has 0 amide bonds. The van der Waals surface area contributed by atoms with Crippen LogP contribution in [0.3, 0.4) is 0 Å². The van der Waals surface area contributed by atoms with Gasteiger partial charge in [-0.15, -0.1) is 11.3 Å². The van der Waals surface area contributed by atoms with Crippen LogP contribution in [0.5, 0.6) is 0 Å². The zero-order valence-corrected chi connectivity index (χ0v) is 14.3. The van der Waals surface area contributed by atoms with E-state index in [1.54, 1.807) is 11.3 Å². The van der Waals surface area contributed by atoms with Crippen molar-refractivity contribution in [3.05, 3.63) is 22.1 Å². The highest BCUT2D eigenvalue weighted by molar-refractivity contribution is 7.10. The summed E-state index contributed by atoms with van der Waals surface area (Å²) in [5.74, 6) is 1.61. The minimum atomic E-state index is 0.0641. The van der Waals surface area contributed by atoms with Crippen LogP contribution in [0.2, 0.25) is 0 Å². The number of nitrogens with one attached hydrogen (secondary N) is 1. The first kappa shape index (κ1) is 15.9. The monoisotopic (exact) mass is 304 g/mol. The molecule has 2 heterocycles. The molecule has 0 saturated heterocycles. The third-order valence-corrected chi connectivity index (χ3v) is 4.34. The van der Waals surface area contributed by atoms with E-state index in [-0.39, 0.29) is 5.41 Å². The van der Waals surface area contributed by atoms with Gasteiger partial charge in [-0.2, -0.15) is 0 Å². The Labute approximate surface area is 131 Å². The normalized spacial score (nSPS) is 11.7. The fourth-order valence-corrected chi connectivity index (χ4v) is 2.74. The zero-order chi connectivity index (χ0) is 15.5. The molecule has 0 aliphatic carbocycles. The summed E-state index contributed by atoms with van der Waals surface area (Å²) in [5.41, 5.74) is 1.98. The lowest BCUT2D eigenvalue weighted by Gasteiger charge is -2.13. The van der Waals surface area contributed by atoms with Crippen molar-refractivity contribution in [3.63, 3.8) is 0 Å². The number of aromatic nitrogens is 3. The highest BCUT2D eigenvalue weighted by atomic mass is 32.1. The van der Waals surface area contributed by atoms with E-state index in [0.29, 0.717) is 0 Å². The van der Waals surface area contributed by atoms with Crippen LogP contribution >= 0.6 is 11.3 Å². The van der Waals surface area contributed by atoms with Gasteiger partial charge in [0, 0.05) is 29.1 Å². The Morgan fingerprint density at radius 2 is 1.90 bits per heavy atom. The summed E-state index contributed by atoms with van der Waals surface area (Å²) in [6.07, 6.45) is 1.97. The van der Waals surface area contributed by atoms with E-state index in [4.69, 9.17) is 4.98 Å². The summed E-state index contributed by atoms with van der Waals surface area (Å²) in [5, 5.41) is 6.51. The van der Waals surface area contributed by atoms with E-state index in [0.717, 1.165) is 47.4 Å². The van der Waals surface area contributed by atoms with Crippen molar-refractivity contribution in [3.8, 4) is 11.5 Å². The van der Waals surface area contributed by atoms with Crippen molar-refractivity contribution in [1.29, 1.82) is 0 Å². The van der Waals surface area contributed by atoms with Crippen LogP contribution in [0.25, 0.3) is 11.5 Å². The minimum absolute atomic E-state index is 0.0641. The van der Waals surface area contributed by atoms with E-state index in [1.807, 2.05) is 6.07 Å². The Kier molecular flexibility index (Phi) is 4.93. The van der Waals surface area contributed by atoms with Gasteiger partial charge < -0.3 is 5.32 Å². The summed E-state index contributed by atoms with van der Waals surface area (Å²) >= 11 is 1.68. The molecule has 0 spiro atoms. The molecule has 2 aromatic rings. The molecule has 2 rings (SSSR count). The molecule has 0 aliphatic heterocycles. The van der Waals surface area contributed by atoms with Gasteiger partial charge in [-0.3, -0.25) is 0 Å². The van der Waals surface area contributed by atoms with Gasteiger partial charge in [0.15, 0.2) is 5.82 Å². The van der Waals surface area contributed by atoms with Gasteiger partial charge in [0.05, 0.1) is 5.01 Å². The second kappa shape index (κ2) is 6.52. The molecule has 0 aromatic carbocycles. The van der Waals surface area contributed by atoms with E-state index >= 15 is 0 Å². The van der Waals surface area contributed by atoms with Crippen LogP contribution in [-0.2, 0) is 11.8 Å². The van der Waals surface area contributed by atoms with Crippen LogP contribution in [0.4, 0.5) is 5.82 Å². The number of hydrogen-bond acceptors (Lipinski definition) is 5. The number of anilines is 1. The molecule has 0 saturated carbocycles. The first-order valence-electron chi connectivity index (χ1n) is 7.52. The Morgan fingerprint density at radius 3 is 2.48 bits per heavy atom. The number of rotatable bonds is 5. The van der Waals surface area contributed by atoms with Gasteiger partial charge in [-0.05, 0) is 12.8 Å². The van der Waals surface area contributed by atoms with Gasteiger partial charge in [-0.1, -0.05) is 34.6 Å². The Hall–Kier alpha value is -1.49. The maximum atomic E-state index is 4.71. The van der Waals surface area contributed by atoms with Gasteiger partial charge in [0.25, 0.3) is 0 Å². The number of hydrogen-bond donors (Lipinski definition) is 1. The number of nitrogens with zero attached hydrogens (tertiary/aromatic N) is 3. The molecule has 0 aliphatic rings. The molecular formula is C16H24N4S. The second-order valence-electron chi connectivity index (χ2n) is 6.14. The average molecular weight is 304 g/mol. The maximum Gasteiger partial charge on any atom is 0.181 e. The fraction of sp³-hybridized carbons (Fsp3) is 0.562. The van der Waals surface area contributed by atoms with Crippen molar-refractivity contribution in [2.75, 3.05) is 11.9 Å². The lowest BCUT2D eigenvalue weighted by atomic mass is 9.98. The minimum Gasteiger partial charge on any atom is -0.370 e. The van der Waals surface area contributed by atoms with Crippen LogP contribution in [0, 0.1) is 0 Å². The highest BCUT2D eigenvalue weighted by Crippen LogP contribution is 2.29. The molecular weight excluding hydrogens is 280 g/mol. The van der Waals surface area contributed by atoms with Crippen molar-refractivity contribution in [1.82, 2.24) is 15.0 Å². The average Bonchev–Trinajstić information content (AvgIpc) is 2.94. The van der Waals surface area contributed by atoms with E-state index < -0.39 is 0 Å². The summed E-state index contributed by atoms with van der Waals surface area (Å²) in [4.78, 5) is 13.9. The molecule has 1 N–H and O–H groups in total. The van der Waals surface area contributed by atoms with E-state index in [1.165, 1.54) is 0 Å². The largest absolute Gasteiger partial charge is 0.370 e. The smallest absolute Gasteiger partial charge is 0.181 e. The topological polar surface area (TPSA) is 50.7 Å². The lowest BCUT2D eigenvalue weighted by molar-refractivity contribution is 0.586. The molecule has 0 fully saturated rings. The first-order valence-corrected chi connectivity index (χ1v) is 8.40. The second-order valence-corrected chi connectivity index (χ2v) is 6.99. The SMILES string of the molecule is CCCNc1cc(CC)nc(-c2csc(C(C)(C)C)n2)n1. The maximum absolute atomic E-state index is 4.71. The third kappa shape index (κ3) is 4.00. The highest BCUT2D eigenvalue weighted by Gasteiger charge is 2.19. The predicted molar refractivity (Wildman–Crippen MR) is 90.0 cm³/mol. The quantitative estimate of drug-likeness (QED) is 0.895. The van der Waals surface area contributed by atoms with Crippen LogP contribution in [-0.4, -0.2) is 21.5 Å². The Bertz CT molecular complexity index is 599.